The first-order valence-corrected chi connectivity index (χ1v) is 6.92. The second-order valence-corrected chi connectivity index (χ2v) is 5.46. The molecule has 0 aromatic heterocycles. The van der Waals surface area contributed by atoms with Gasteiger partial charge >= 0.3 is 0 Å². The van der Waals surface area contributed by atoms with Crippen LogP contribution in [-0.2, 0) is 15.1 Å². The minimum Gasteiger partial charge on any atom is -0.494 e. The van der Waals surface area contributed by atoms with E-state index in [1.807, 2.05) is 0 Å². The Kier molecular flexibility index (Phi) is 3.44. The van der Waals surface area contributed by atoms with Gasteiger partial charge in [0.25, 0.3) is 0 Å². The molecule has 110 valence electrons. The van der Waals surface area contributed by atoms with Crippen molar-refractivity contribution in [3.8, 4) is 5.75 Å². The molecule has 0 radical (unpaired) electrons. The van der Waals surface area contributed by atoms with Crippen molar-refractivity contribution in [3.05, 3.63) is 29.6 Å². The van der Waals surface area contributed by atoms with Crippen molar-refractivity contribution < 1.29 is 23.7 Å². The largest absolute Gasteiger partial charge is 0.494 e. The molecule has 1 saturated carbocycles. The van der Waals surface area contributed by atoms with E-state index in [4.69, 9.17) is 14.2 Å². The number of hydrogen-bond donors (Lipinski definition) is 1. The highest BCUT2D eigenvalue weighted by Gasteiger charge is 2.47. The van der Waals surface area contributed by atoms with Gasteiger partial charge in [0.2, 0.25) is 0 Å². The van der Waals surface area contributed by atoms with Gasteiger partial charge in [0.15, 0.2) is 17.4 Å². The Morgan fingerprint density at radius 3 is 2.40 bits per heavy atom. The van der Waals surface area contributed by atoms with Gasteiger partial charge in [0.05, 0.1) is 25.9 Å². The lowest BCUT2D eigenvalue weighted by atomic mass is 9.77. The molecule has 2 fully saturated rings. The summed E-state index contributed by atoms with van der Waals surface area (Å²) in [4.78, 5) is 0. The van der Waals surface area contributed by atoms with Gasteiger partial charge in [0, 0.05) is 18.4 Å². The van der Waals surface area contributed by atoms with Crippen LogP contribution in [0.4, 0.5) is 4.39 Å². The fourth-order valence-electron chi connectivity index (χ4n) is 3.13. The van der Waals surface area contributed by atoms with Crippen molar-refractivity contribution in [2.75, 3.05) is 20.3 Å². The monoisotopic (exact) mass is 282 g/mol. The molecule has 1 aliphatic carbocycles. The van der Waals surface area contributed by atoms with Gasteiger partial charge in [-0.3, -0.25) is 0 Å². The Labute approximate surface area is 117 Å². The third-order valence-corrected chi connectivity index (χ3v) is 4.34. The second-order valence-electron chi connectivity index (χ2n) is 5.46. The van der Waals surface area contributed by atoms with Crippen LogP contribution in [0.5, 0.6) is 5.75 Å². The number of methoxy groups -OCH3 is 1. The van der Waals surface area contributed by atoms with E-state index in [1.165, 1.54) is 7.11 Å². The maximum absolute atomic E-state index is 14.3. The molecule has 0 bridgehead atoms. The minimum atomic E-state index is -1.18. The average Bonchev–Trinajstić information content (AvgIpc) is 2.92. The highest BCUT2D eigenvalue weighted by atomic mass is 19.1. The highest BCUT2D eigenvalue weighted by Crippen LogP contribution is 2.46. The molecule has 0 unspecified atom stereocenters. The SMILES string of the molecule is COc1cccc(C2(O)CCC3(CC2)OCCO3)c1F. The maximum Gasteiger partial charge on any atom is 0.171 e. The Balaban J connectivity index is 1.84. The molecular formula is C15H19FO4. The van der Waals surface area contributed by atoms with E-state index >= 15 is 0 Å². The van der Waals surface area contributed by atoms with Gasteiger partial charge in [-0.25, -0.2) is 4.39 Å². The molecule has 1 N–H and O–H groups in total. The van der Waals surface area contributed by atoms with Crippen molar-refractivity contribution in [1.29, 1.82) is 0 Å². The molecule has 1 aromatic rings. The van der Waals surface area contributed by atoms with E-state index in [0.29, 0.717) is 44.5 Å². The zero-order valence-corrected chi connectivity index (χ0v) is 11.5. The summed E-state index contributed by atoms with van der Waals surface area (Å²) in [7, 11) is 1.42. The zero-order valence-electron chi connectivity index (χ0n) is 11.5. The summed E-state index contributed by atoms with van der Waals surface area (Å²) in [6, 6.07) is 4.87. The maximum atomic E-state index is 14.3. The molecule has 2 aliphatic rings. The number of hydrogen-bond acceptors (Lipinski definition) is 4. The van der Waals surface area contributed by atoms with Crippen molar-refractivity contribution in [2.24, 2.45) is 0 Å². The van der Waals surface area contributed by atoms with E-state index in [2.05, 4.69) is 0 Å². The smallest absolute Gasteiger partial charge is 0.171 e. The molecule has 1 aromatic carbocycles. The summed E-state index contributed by atoms with van der Waals surface area (Å²) < 4.78 is 30.6. The molecule has 3 rings (SSSR count). The fourth-order valence-corrected chi connectivity index (χ4v) is 3.13. The van der Waals surface area contributed by atoms with E-state index in [9.17, 15) is 9.50 Å². The standard InChI is InChI=1S/C15H19FO4/c1-18-12-4-2-3-11(13(12)16)14(17)5-7-15(8-6-14)19-9-10-20-15/h2-4,17H,5-10H2,1H3. The number of benzene rings is 1. The van der Waals surface area contributed by atoms with Crippen LogP contribution >= 0.6 is 0 Å². The topological polar surface area (TPSA) is 47.9 Å². The van der Waals surface area contributed by atoms with Crippen LogP contribution < -0.4 is 4.74 Å². The molecule has 0 atom stereocenters. The van der Waals surface area contributed by atoms with Crippen LogP contribution in [-0.4, -0.2) is 31.2 Å². The van der Waals surface area contributed by atoms with Crippen molar-refractivity contribution >= 4 is 0 Å². The average molecular weight is 282 g/mol. The summed E-state index contributed by atoms with van der Waals surface area (Å²) >= 11 is 0. The summed E-state index contributed by atoms with van der Waals surface area (Å²) in [5.41, 5.74) is -0.885. The van der Waals surface area contributed by atoms with Crippen molar-refractivity contribution in [2.45, 2.75) is 37.1 Å². The quantitative estimate of drug-likeness (QED) is 0.904. The molecule has 5 heteroatoms. The van der Waals surface area contributed by atoms with Gasteiger partial charge < -0.3 is 19.3 Å². The van der Waals surface area contributed by atoms with Crippen LogP contribution in [0, 0.1) is 5.82 Å². The molecule has 1 spiro atoms. The summed E-state index contributed by atoms with van der Waals surface area (Å²) in [5.74, 6) is -0.895. The van der Waals surface area contributed by atoms with E-state index in [0.717, 1.165) is 0 Å². The molecule has 20 heavy (non-hydrogen) atoms. The summed E-state index contributed by atoms with van der Waals surface area (Å²) in [5, 5.41) is 10.8. The van der Waals surface area contributed by atoms with Crippen LogP contribution in [0.1, 0.15) is 31.2 Å². The summed E-state index contributed by atoms with van der Waals surface area (Å²) in [6.07, 6.45) is 1.97. The Bertz CT molecular complexity index is 487. The number of aliphatic hydroxyl groups is 1. The first kappa shape index (κ1) is 13.8. The van der Waals surface area contributed by atoms with Crippen molar-refractivity contribution in [1.82, 2.24) is 0 Å². The van der Waals surface area contributed by atoms with Crippen LogP contribution in [0.25, 0.3) is 0 Å². The van der Waals surface area contributed by atoms with Gasteiger partial charge in [-0.15, -0.1) is 0 Å². The molecule has 1 aliphatic heterocycles. The van der Waals surface area contributed by atoms with Crippen LogP contribution in [0.15, 0.2) is 18.2 Å². The molecular weight excluding hydrogens is 263 g/mol. The Morgan fingerprint density at radius 1 is 1.15 bits per heavy atom. The lowest BCUT2D eigenvalue weighted by molar-refractivity contribution is -0.204. The Morgan fingerprint density at radius 2 is 1.80 bits per heavy atom. The number of ether oxygens (including phenoxy) is 3. The first-order chi connectivity index (χ1) is 9.59. The second kappa shape index (κ2) is 4.98. The van der Waals surface area contributed by atoms with Crippen LogP contribution in [0.2, 0.25) is 0 Å². The molecule has 1 saturated heterocycles. The lowest BCUT2D eigenvalue weighted by Gasteiger charge is -2.40. The van der Waals surface area contributed by atoms with E-state index in [-0.39, 0.29) is 5.75 Å². The third-order valence-electron chi connectivity index (χ3n) is 4.34. The van der Waals surface area contributed by atoms with Gasteiger partial charge in [0.1, 0.15) is 0 Å². The molecule has 0 amide bonds. The minimum absolute atomic E-state index is 0.157. The molecule has 1 heterocycles. The van der Waals surface area contributed by atoms with Gasteiger partial charge in [-0.2, -0.15) is 0 Å². The lowest BCUT2D eigenvalue weighted by Crippen LogP contribution is -2.42. The third kappa shape index (κ3) is 2.20. The molecule has 4 nitrogen and oxygen atoms in total. The predicted molar refractivity (Wildman–Crippen MR) is 70.0 cm³/mol. The van der Waals surface area contributed by atoms with Crippen molar-refractivity contribution in [3.63, 3.8) is 0 Å². The predicted octanol–water partition coefficient (Wildman–Crippen LogP) is 2.34. The van der Waals surface area contributed by atoms with Gasteiger partial charge in [-0.1, -0.05) is 12.1 Å². The van der Waals surface area contributed by atoms with E-state index < -0.39 is 17.2 Å². The highest BCUT2D eigenvalue weighted by molar-refractivity contribution is 5.35. The zero-order chi connectivity index (χ0) is 14.2. The number of halogens is 1. The van der Waals surface area contributed by atoms with Crippen LogP contribution in [0.3, 0.4) is 0 Å². The summed E-state index contributed by atoms with van der Waals surface area (Å²) in [6.45, 7) is 1.18. The normalized spacial score (nSPS) is 23.9. The van der Waals surface area contributed by atoms with Gasteiger partial charge in [-0.05, 0) is 18.9 Å². The number of rotatable bonds is 2. The fraction of sp³-hybridized carbons (Fsp3) is 0.600. The first-order valence-electron chi connectivity index (χ1n) is 6.92. The van der Waals surface area contributed by atoms with E-state index in [1.54, 1.807) is 18.2 Å². The Hall–Kier alpha value is -1.17.